The molecule has 8 nitrogen and oxygen atoms in total. The molecule has 7 N–H and O–H groups in total. The zero-order chi connectivity index (χ0) is 12.7. The Kier molecular flexibility index (Phi) is 5.14. The number of nitrogens with two attached hydrogens (primary N) is 1. The van der Waals surface area contributed by atoms with E-state index in [1.165, 1.54) is 0 Å². The molecule has 0 saturated heterocycles. The summed E-state index contributed by atoms with van der Waals surface area (Å²) in [7, 11) is 0. The second kappa shape index (κ2) is 6.09. The van der Waals surface area contributed by atoms with Crippen LogP contribution >= 0.6 is 0 Å². The summed E-state index contributed by atoms with van der Waals surface area (Å²) < 4.78 is 0. The van der Waals surface area contributed by atoms with Crippen LogP contribution in [0.25, 0.3) is 0 Å². The molecule has 16 heavy (non-hydrogen) atoms. The monoisotopic (exact) mass is 230 g/mol. The van der Waals surface area contributed by atoms with Crippen LogP contribution in [0, 0.1) is 0 Å². The third-order valence-corrected chi connectivity index (χ3v) is 1.38. The number of hydrogen-bond acceptors (Lipinski definition) is 6. The second-order valence-electron chi connectivity index (χ2n) is 2.45. The smallest absolute Gasteiger partial charge is 0.335 e. The number of rotatable bonds is 2. The number of carbonyl (C=O) groups excluding carboxylic acids is 1. The summed E-state index contributed by atoms with van der Waals surface area (Å²) in [6.07, 6.45) is 0.403. The Balaban J connectivity index is 0.000000487. The molecule has 0 spiro atoms. The number of phenolic OH excluding ortho intramolecular Hbond substituents is 3. The van der Waals surface area contributed by atoms with Crippen LogP contribution in [0.1, 0.15) is 10.4 Å². The van der Waals surface area contributed by atoms with Crippen LogP contribution < -0.4 is 11.3 Å². The van der Waals surface area contributed by atoms with Crippen LogP contribution in [-0.2, 0) is 4.79 Å². The van der Waals surface area contributed by atoms with Gasteiger partial charge in [0.25, 0.3) is 0 Å². The number of carboxylic acids is 1. The van der Waals surface area contributed by atoms with Crippen LogP contribution in [0.3, 0.4) is 0 Å². The predicted octanol–water partition coefficient (Wildman–Crippen LogP) is -0.892. The van der Waals surface area contributed by atoms with Gasteiger partial charge in [0, 0.05) is 0 Å². The summed E-state index contributed by atoms with van der Waals surface area (Å²) in [6.45, 7) is 0. The maximum Gasteiger partial charge on any atom is 0.335 e. The zero-order valence-corrected chi connectivity index (χ0v) is 7.91. The van der Waals surface area contributed by atoms with E-state index >= 15 is 0 Å². The molecule has 1 rings (SSSR count). The van der Waals surface area contributed by atoms with E-state index in [1.807, 2.05) is 0 Å². The Morgan fingerprint density at radius 1 is 1.25 bits per heavy atom. The van der Waals surface area contributed by atoms with E-state index < -0.39 is 23.2 Å². The molecule has 1 amide bonds. The number of carboxylic acid groups (broad SMARTS) is 1. The average molecular weight is 230 g/mol. The first kappa shape index (κ1) is 13.5. The van der Waals surface area contributed by atoms with Gasteiger partial charge >= 0.3 is 5.97 Å². The Morgan fingerprint density at radius 2 is 1.62 bits per heavy atom. The largest absolute Gasteiger partial charge is 0.504 e. The van der Waals surface area contributed by atoms with Crippen molar-refractivity contribution in [3.05, 3.63) is 17.7 Å². The minimum absolute atomic E-state index is 0.289. The summed E-state index contributed by atoms with van der Waals surface area (Å²) >= 11 is 0. The van der Waals surface area contributed by atoms with E-state index in [2.05, 4.69) is 5.84 Å². The lowest BCUT2D eigenvalue weighted by molar-refractivity contribution is -0.109. The minimum atomic E-state index is -1.29. The normalized spacial score (nSPS) is 8.56. The van der Waals surface area contributed by atoms with Gasteiger partial charge in [-0.15, -0.1) is 0 Å². The van der Waals surface area contributed by atoms with E-state index in [4.69, 9.17) is 25.2 Å². The van der Waals surface area contributed by atoms with Crippen LogP contribution in [0.5, 0.6) is 17.2 Å². The molecule has 0 atom stereocenters. The van der Waals surface area contributed by atoms with Crippen molar-refractivity contribution in [3.8, 4) is 17.2 Å². The fraction of sp³-hybridized carbons (Fsp3) is 0. The molecular formula is C8H10N2O6. The number of phenols is 3. The van der Waals surface area contributed by atoms with Gasteiger partial charge in [-0.2, -0.15) is 0 Å². The molecule has 8 heteroatoms. The van der Waals surface area contributed by atoms with Crippen molar-refractivity contribution >= 4 is 12.4 Å². The molecule has 0 radical (unpaired) electrons. The van der Waals surface area contributed by atoms with E-state index in [-0.39, 0.29) is 5.56 Å². The summed E-state index contributed by atoms with van der Waals surface area (Å²) in [5, 5.41) is 35.0. The SMILES string of the molecule is NNC=O.O=C(O)c1cc(O)c(O)c(O)c1. The Bertz CT molecular complexity index is 369. The van der Waals surface area contributed by atoms with Gasteiger partial charge in [-0.1, -0.05) is 0 Å². The van der Waals surface area contributed by atoms with E-state index in [0.717, 1.165) is 12.1 Å². The Morgan fingerprint density at radius 3 is 1.88 bits per heavy atom. The summed E-state index contributed by atoms with van der Waals surface area (Å²) in [4.78, 5) is 19.3. The molecule has 0 aliphatic rings. The number of amides is 1. The number of benzene rings is 1. The van der Waals surface area contributed by atoms with Gasteiger partial charge < -0.3 is 20.4 Å². The van der Waals surface area contributed by atoms with E-state index in [9.17, 15) is 4.79 Å². The Hall–Kier alpha value is -2.48. The lowest BCUT2D eigenvalue weighted by Gasteiger charge is -2.01. The summed E-state index contributed by atoms with van der Waals surface area (Å²) in [5.74, 6) is 1.08. The average Bonchev–Trinajstić information content (AvgIpc) is 2.25. The second-order valence-corrected chi connectivity index (χ2v) is 2.45. The van der Waals surface area contributed by atoms with Gasteiger partial charge in [0.1, 0.15) is 0 Å². The van der Waals surface area contributed by atoms with Crippen molar-refractivity contribution in [1.82, 2.24) is 5.43 Å². The predicted molar refractivity (Wildman–Crippen MR) is 51.8 cm³/mol. The Labute approximate surface area is 89.5 Å². The van der Waals surface area contributed by atoms with Crippen LogP contribution in [0.4, 0.5) is 0 Å². The molecule has 0 saturated carbocycles. The lowest BCUT2D eigenvalue weighted by atomic mass is 10.2. The van der Waals surface area contributed by atoms with Crippen molar-refractivity contribution in [2.45, 2.75) is 0 Å². The molecule has 0 aliphatic carbocycles. The van der Waals surface area contributed by atoms with Crippen molar-refractivity contribution in [3.63, 3.8) is 0 Å². The number of aromatic carboxylic acids is 1. The number of hydrogen-bond donors (Lipinski definition) is 6. The van der Waals surface area contributed by atoms with Crippen molar-refractivity contribution in [2.75, 3.05) is 0 Å². The highest BCUT2D eigenvalue weighted by Crippen LogP contribution is 2.35. The number of aromatic hydroxyl groups is 3. The first-order chi connectivity index (χ1) is 7.43. The lowest BCUT2D eigenvalue weighted by Crippen LogP contribution is -2.18. The van der Waals surface area contributed by atoms with Crippen molar-refractivity contribution in [2.24, 2.45) is 5.84 Å². The van der Waals surface area contributed by atoms with E-state index in [1.54, 1.807) is 5.43 Å². The highest BCUT2D eigenvalue weighted by atomic mass is 16.4. The molecular weight excluding hydrogens is 220 g/mol. The zero-order valence-electron chi connectivity index (χ0n) is 7.91. The van der Waals surface area contributed by atoms with Gasteiger partial charge in [-0.25, -0.2) is 10.6 Å². The molecule has 0 unspecified atom stereocenters. The third kappa shape index (κ3) is 3.72. The van der Waals surface area contributed by atoms with Crippen LogP contribution in [-0.4, -0.2) is 32.8 Å². The topological polar surface area (TPSA) is 153 Å². The van der Waals surface area contributed by atoms with Gasteiger partial charge in [-0.05, 0) is 12.1 Å². The first-order valence-corrected chi connectivity index (χ1v) is 3.82. The molecule has 0 bridgehead atoms. The first-order valence-electron chi connectivity index (χ1n) is 3.82. The highest BCUT2D eigenvalue weighted by Gasteiger charge is 2.11. The van der Waals surface area contributed by atoms with Crippen molar-refractivity contribution in [1.29, 1.82) is 0 Å². The molecule has 0 aromatic heterocycles. The minimum Gasteiger partial charge on any atom is -0.504 e. The quantitative estimate of drug-likeness (QED) is 0.127. The fourth-order valence-corrected chi connectivity index (χ4v) is 0.728. The van der Waals surface area contributed by atoms with E-state index in [0.29, 0.717) is 6.41 Å². The third-order valence-electron chi connectivity index (χ3n) is 1.38. The van der Waals surface area contributed by atoms with Crippen LogP contribution in [0.15, 0.2) is 12.1 Å². The molecule has 1 aromatic carbocycles. The summed E-state index contributed by atoms with van der Waals surface area (Å²) in [6, 6.07) is 1.69. The molecule has 88 valence electrons. The molecule has 0 heterocycles. The fourth-order valence-electron chi connectivity index (χ4n) is 0.728. The van der Waals surface area contributed by atoms with Crippen molar-refractivity contribution < 1.29 is 30.0 Å². The van der Waals surface area contributed by atoms with Gasteiger partial charge in [0.05, 0.1) is 5.56 Å². The molecule has 0 aliphatic heterocycles. The van der Waals surface area contributed by atoms with Crippen LogP contribution in [0.2, 0.25) is 0 Å². The maximum absolute atomic E-state index is 10.3. The number of hydrazine groups is 1. The van der Waals surface area contributed by atoms with Gasteiger partial charge in [-0.3, -0.25) is 10.2 Å². The number of nitrogens with one attached hydrogen (secondary N) is 1. The maximum atomic E-state index is 10.3. The highest BCUT2D eigenvalue weighted by molar-refractivity contribution is 5.89. The standard InChI is InChI=1S/C7H6O5.CH4N2O/c8-4-1-3(7(11)12)2-5(9)6(4)10;2-3-1-4/h1-2,8-10H,(H,11,12);1H,2H2,(H,3,4). The number of carbonyl (C=O) groups is 2. The summed E-state index contributed by atoms with van der Waals surface area (Å²) in [5.41, 5.74) is 1.46. The van der Waals surface area contributed by atoms with Gasteiger partial charge in [0.15, 0.2) is 17.2 Å². The van der Waals surface area contributed by atoms with Gasteiger partial charge in [0.2, 0.25) is 6.41 Å². The molecule has 1 aromatic rings. The molecule has 0 fully saturated rings.